The van der Waals surface area contributed by atoms with Crippen LogP contribution < -0.4 is 16.2 Å². The van der Waals surface area contributed by atoms with Gasteiger partial charge in [0.15, 0.2) is 5.96 Å². The second-order valence-corrected chi connectivity index (χ2v) is 11.7. The third kappa shape index (κ3) is 6.60. The summed E-state index contributed by atoms with van der Waals surface area (Å²) >= 11 is 0. The predicted octanol–water partition coefficient (Wildman–Crippen LogP) is 5.47. The Labute approximate surface area is 237 Å². The number of benzene rings is 2. The van der Waals surface area contributed by atoms with Crippen LogP contribution in [0.25, 0.3) is 0 Å². The lowest BCUT2D eigenvalue weighted by Crippen LogP contribution is -2.49. The quantitative estimate of drug-likeness (QED) is 0.434. The lowest BCUT2D eigenvalue weighted by atomic mass is 9.81. The van der Waals surface area contributed by atoms with Crippen molar-refractivity contribution in [2.24, 2.45) is 28.3 Å². The molecule has 0 radical (unpaired) electrons. The van der Waals surface area contributed by atoms with Crippen molar-refractivity contribution < 1.29 is 14.3 Å². The summed E-state index contributed by atoms with van der Waals surface area (Å²) in [7, 11) is 1.91. The molecule has 0 unspecified atom stereocenters. The van der Waals surface area contributed by atoms with Crippen molar-refractivity contribution in [1.29, 1.82) is 0 Å². The van der Waals surface area contributed by atoms with Crippen molar-refractivity contribution >= 4 is 23.5 Å². The van der Waals surface area contributed by atoms with Gasteiger partial charge in [0, 0.05) is 43.6 Å². The Kier molecular flexibility index (Phi) is 8.92. The van der Waals surface area contributed by atoms with Crippen LogP contribution in [0.4, 0.5) is 5.69 Å². The lowest BCUT2D eigenvalue weighted by molar-refractivity contribution is -0.133. The average Bonchev–Trinajstić information content (AvgIpc) is 2.98. The molecule has 2 aromatic rings. The number of para-hydroxylation sites is 1. The van der Waals surface area contributed by atoms with E-state index in [1.165, 1.54) is 19.3 Å². The smallest absolute Gasteiger partial charge is 0.222 e. The van der Waals surface area contributed by atoms with Gasteiger partial charge in [0.2, 0.25) is 11.8 Å². The van der Waals surface area contributed by atoms with Crippen LogP contribution in [-0.4, -0.2) is 46.7 Å². The van der Waals surface area contributed by atoms with E-state index in [4.69, 9.17) is 21.2 Å². The Bertz CT molecular complexity index is 1200. The van der Waals surface area contributed by atoms with Crippen molar-refractivity contribution in [2.75, 3.05) is 7.05 Å². The maximum absolute atomic E-state index is 13.4. The van der Waals surface area contributed by atoms with E-state index in [0.717, 1.165) is 67.7 Å². The summed E-state index contributed by atoms with van der Waals surface area (Å²) in [6, 6.07) is 16.1. The molecule has 2 saturated carbocycles. The summed E-state index contributed by atoms with van der Waals surface area (Å²) in [5, 5.41) is 0. The minimum Gasteiger partial charge on any atom is -0.457 e. The summed E-state index contributed by atoms with van der Waals surface area (Å²) in [5.41, 5.74) is 14.1. The van der Waals surface area contributed by atoms with E-state index in [1.807, 2.05) is 54.4 Å². The minimum atomic E-state index is -0.219. The Morgan fingerprint density at radius 1 is 1.00 bits per heavy atom. The standard InChI is InChI=1S/C32H43N5O3/c1-36(25-14-12-23(13-15-25)31(33)39)30(38)19-18-29(22-8-4-2-5-9-22)37-21-24-20-27(16-17-28(24)35-32(37)34)40-26-10-6-3-7-11-26/h3,6-7,10-11,16-17,20,22-23,25,29H,2,4-5,8-9,12-15,18-19,21H2,1H3,(H2,33,39)(H2,34,35)/t23?,25?,29-/m0/s1. The molecule has 0 aromatic heterocycles. The molecule has 1 heterocycles. The van der Waals surface area contributed by atoms with E-state index < -0.39 is 0 Å². The molecule has 2 aliphatic carbocycles. The van der Waals surface area contributed by atoms with Gasteiger partial charge in [-0.2, -0.15) is 0 Å². The molecule has 8 heteroatoms. The van der Waals surface area contributed by atoms with E-state index in [-0.39, 0.29) is 29.8 Å². The van der Waals surface area contributed by atoms with Crippen molar-refractivity contribution in [3.63, 3.8) is 0 Å². The Morgan fingerprint density at radius 3 is 2.42 bits per heavy atom. The van der Waals surface area contributed by atoms with Crippen LogP contribution in [0.5, 0.6) is 11.5 Å². The van der Waals surface area contributed by atoms with Crippen LogP contribution >= 0.6 is 0 Å². The largest absolute Gasteiger partial charge is 0.457 e. The van der Waals surface area contributed by atoms with Gasteiger partial charge in [0.05, 0.1) is 5.69 Å². The first kappa shape index (κ1) is 28.0. The molecule has 4 N–H and O–H groups in total. The molecular formula is C32H43N5O3. The van der Waals surface area contributed by atoms with E-state index in [2.05, 4.69) is 11.0 Å². The van der Waals surface area contributed by atoms with Crippen LogP contribution in [0.15, 0.2) is 53.5 Å². The molecule has 3 aliphatic rings. The number of amides is 2. The summed E-state index contributed by atoms with van der Waals surface area (Å²) < 4.78 is 6.09. The fourth-order valence-electron chi connectivity index (χ4n) is 6.79. The SMILES string of the molecule is CN(C(=O)CC[C@@H](C1CCCCC1)N1Cc2cc(Oc3ccccc3)ccc2N=C1N)C1CCC(C(N)=O)CC1. The number of primary amides is 1. The van der Waals surface area contributed by atoms with Crippen LogP contribution in [0.3, 0.4) is 0 Å². The molecule has 1 aliphatic heterocycles. The van der Waals surface area contributed by atoms with Gasteiger partial charge in [-0.25, -0.2) is 4.99 Å². The molecule has 40 heavy (non-hydrogen) atoms. The zero-order valence-corrected chi connectivity index (χ0v) is 23.6. The maximum Gasteiger partial charge on any atom is 0.222 e. The summed E-state index contributed by atoms with van der Waals surface area (Å²) in [4.78, 5) is 33.8. The van der Waals surface area contributed by atoms with Crippen molar-refractivity contribution in [2.45, 2.75) is 89.3 Å². The molecule has 214 valence electrons. The fraction of sp³-hybridized carbons (Fsp3) is 0.531. The molecule has 0 saturated heterocycles. The predicted molar refractivity (Wildman–Crippen MR) is 157 cm³/mol. The maximum atomic E-state index is 13.4. The van der Waals surface area contributed by atoms with E-state index >= 15 is 0 Å². The van der Waals surface area contributed by atoms with E-state index in [1.54, 1.807) is 0 Å². The Morgan fingerprint density at radius 2 is 1.73 bits per heavy atom. The summed E-state index contributed by atoms with van der Waals surface area (Å²) in [6.45, 7) is 0.652. The van der Waals surface area contributed by atoms with Gasteiger partial charge in [-0.3, -0.25) is 9.59 Å². The number of nitrogens with zero attached hydrogens (tertiary/aromatic N) is 3. The van der Waals surface area contributed by atoms with E-state index in [0.29, 0.717) is 24.8 Å². The van der Waals surface area contributed by atoms with Gasteiger partial charge in [-0.15, -0.1) is 0 Å². The second kappa shape index (κ2) is 12.7. The monoisotopic (exact) mass is 545 g/mol. The van der Waals surface area contributed by atoms with Gasteiger partial charge in [0.1, 0.15) is 11.5 Å². The topological polar surface area (TPSA) is 114 Å². The molecule has 2 aromatic carbocycles. The second-order valence-electron chi connectivity index (χ2n) is 11.7. The van der Waals surface area contributed by atoms with E-state index in [9.17, 15) is 9.59 Å². The number of hydrogen-bond donors (Lipinski definition) is 2. The minimum absolute atomic E-state index is 0.0571. The first-order valence-electron chi connectivity index (χ1n) is 14.9. The fourth-order valence-corrected chi connectivity index (χ4v) is 6.79. The molecule has 2 amide bonds. The number of ether oxygens (including phenoxy) is 1. The first-order chi connectivity index (χ1) is 19.4. The molecule has 8 nitrogen and oxygen atoms in total. The highest BCUT2D eigenvalue weighted by atomic mass is 16.5. The van der Waals surface area contributed by atoms with Crippen molar-refractivity contribution in [1.82, 2.24) is 9.80 Å². The molecule has 5 rings (SSSR count). The van der Waals surface area contributed by atoms with Crippen LogP contribution in [0, 0.1) is 11.8 Å². The van der Waals surface area contributed by atoms with Gasteiger partial charge in [-0.05, 0) is 81.2 Å². The number of carbonyl (C=O) groups excluding carboxylic acids is 2. The molecule has 1 atom stereocenters. The number of fused-ring (bicyclic) bond motifs is 1. The number of guanidine groups is 1. The highest BCUT2D eigenvalue weighted by molar-refractivity contribution is 5.84. The van der Waals surface area contributed by atoms with Crippen molar-refractivity contribution in [3.8, 4) is 11.5 Å². The zero-order valence-electron chi connectivity index (χ0n) is 23.6. The normalized spacial score (nSPS) is 22.1. The summed E-state index contributed by atoms with van der Waals surface area (Å²) in [6.07, 6.45) is 10.4. The van der Waals surface area contributed by atoms with Gasteiger partial charge in [-0.1, -0.05) is 37.5 Å². The zero-order chi connectivity index (χ0) is 28.1. The third-order valence-electron chi connectivity index (χ3n) is 9.19. The average molecular weight is 546 g/mol. The van der Waals surface area contributed by atoms with Crippen LogP contribution in [0.1, 0.15) is 76.2 Å². The van der Waals surface area contributed by atoms with Crippen LogP contribution in [0.2, 0.25) is 0 Å². The Hall–Kier alpha value is -3.55. The van der Waals surface area contributed by atoms with Crippen LogP contribution in [-0.2, 0) is 16.1 Å². The third-order valence-corrected chi connectivity index (χ3v) is 9.19. The number of hydrogen-bond acceptors (Lipinski definition) is 6. The highest BCUT2D eigenvalue weighted by Gasteiger charge is 2.34. The molecule has 0 bridgehead atoms. The first-order valence-corrected chi connectivity index (χ1v) is 14.9. The molecular weight excluding hydrogens is 502 g/mol. The lowest BCUT2D eigenvalue weighted by Gasteiger charge is -2.41. The molecule has 2 fully saturated rings. The highest BCUT2D eigenvalue weighted by Crippen LogP contribution is 2.37. The Balaban J connectivity index is 1.27. The number of carbonyl (C=O) groups is 2. The van der Waals surface area contributed by atoms with Gasteiger partial charge < -0.3 is 26.0 Å². The molecule has 0 spiro atoms. The number of aliphatic imine (C=N–C) groups is 1. The summed E-state index contributed by atoms with van der Waals surface area (Å²) in [5.74, 6) is 2.47. The van der Waals surface area contributed by atoms with Crippen molar-refractivity contribution in [3.05, 3.63) is 54.1 Å². The number of nitrogens with two attached hydrogens (primary N) is 2. The number of rotatable bonds is 9. The van der Waals surface area contributed by atoms with Gasteiger partial charge >= 0.3 is 0 Å². The van der Waals surface area contributed by atoms with Gasteiger partial charge in [0.25, 0.3) is 0 Å².